The van der Waals surface area contributed by atoms with Gasteiger partial charge in [0, 0.05) is 6.54 Å². The van der Waals surface area contributed by atoms with E-state index in [1.54, 1.807) is 19.1 Å². The van der Waals surface area contributed by atoms with Crippen LogP contribution < -0.4 is 5.32 Å². The molecule has 0 aliphatic rings. The molecule has 3 nitrogen and oxygen atoms in total. The number of halogens is 3. The predicted molar refractivity (Wildman–Crippen MR) is 50.3 cm³/mol. The maximum atomic E-state index is 12.2. The number of rotatable bonds is 4. The number of furan rings is 1. The number of hydrogen-bond acceptors (Lipinski definition) is 3. The average Bonchev–Trinajstić information content (AvgIpc) is 2.68. The highest BCUT2D eigenvalue weighted by Crippen LogP contribution is 2.25. The van der Waals surface area contributed by atoms with Crippen molar-refractivity contribution in [1.29, 1.82) is 5.26 Å². The van der Waals surface area contributed by atoms with Crippen LogP contribution in [-0.2, 0) is 0 Å². The van der Waals surface area contributed by atoms with Crippen LogP contribution in [0.15, 0.2) is 22.8 Å². The van der Waals surface area contributed by atoms with Crippen LogP contribution in [0.5, 0.6) is 0 Å². The zero-order chi connectivity index (χ0) is 12.2. The molecule has 1 aromatic rings. The summed E-state index contributed by atoms with van der Waals surface area (Å²) < 4.78 is 41.7. The second-order valence-electron chi connectivity index (χ2n) is 3.37. The van der Waals surface area contributed by atoms with Gasteiger partial charge in [-0.05, 0) is 19.1 Å². The Morgan fingerprint density at radius 3 is 2.69 bits per heavy atom. The van der Waals surface area contributed by atoms with Crippen molar-refractivity contribution in [3.8, 4) is 6.07 Å². The highest BCUT2D eigenvalue weighted by molar-refractivity contribution is 5.03. The largest absolute Gasteiger partial charge is 0.468 e. The Kier molecular flexibility index (Phi) is 3.96. The van der Waals surface area contributed by atoms with Crippen molar-refractivity contribution in [3.05, 3.63) is 24.2 Å². The van der Waals surface area contributed by atoms with Crippen molar-refractivity contribution in [3.63, 3.8) is 0 Å². The molecule has 0 spiro atoms. The number of hydrogen-bond donors (Lipinski definition) is 1. The minimum Gasteiger partial charge on any atom is -0.468 e. The van der Waals surface area contributed by atoms with Crippen LogP contribution in [0, 0.1) is 17.2 Å². The first-order valence-corrected chi connectivity index (χ1v) is 4.68. The lowest BCUT2D eigenvalue weighted by Gasteiger charge is -2.16. The number of nitrogens with one attached hydrogen (secondary N) is 1. The van der Waals surface area contributed by atoms with E-state index in [1.807, 2.05) is 0 Å². The Labute approximate surface area is 90.9 Å². The first-order valence-electron chi connectivity index (χ1n) is 4.68. The van der Waals surface area contributed by atoms with Crippen LogP contribution in [0.1, 0.15) is 18.7 Å². The minimum atomic E-state index is -4.50. The molecule has 6 heteroatoms. The zero-order valence-corrected chi connectivity index (χ0v) is 8.58. The Morgan fingerprint density at radius 1 is 1.56 bits per heavy atom. The molecule has 0 aromatic carbocycles. The molecule has 0 aliphatic carbocycles. The third-order valence-corrected chi connectivity index (χ3v) is 2.15. The summed E-state index contributed by atoms with van der Waals surface area (Å²) >= 11 is 0. The second kappa shape index (κ2) is 5.03. The fourth-order valence-electron chi connectivity index (χ4n) is 1.17. The van der Waals surface area contributed by atoms with Crippen molar-refractivity contribution >= 4 is 0 Å². The summed E-state index contributed by atoms with van der Waals surface area (Å²) in [4.78, 5) is 0. The van der Waals surface area contributed by atoms with Gasteiger partial charge in [0.15, 0.2) is 5.92 Å². The average molecular weight is 232 g/mol. The van der Waals surface area contributed by atoms with Gasteiger partial charge in [-0.1, -0.05) is 0 Å². The summed E-state index contributed by atoms with van der Waals surface area (Å²) in [5.41, 5.74) is 0. The third-order valence-electron chi connectivity index (χ3n) is 2.15. The molecule has 2 atom stereocenters. The van der Waals surface area contributed by atoms with Crippen LogP contribution in [0.4, 0.5) is 13.2 Å². The van der Waals surface area contributed by atoms with Crippen LogP contribution in [0.25, 0.3) is 0 Å². The van der Waals surface area contributed by atoms with Gasteiger partial charge in [-0.3, -0.25) is 0 Å². The first kappa shape index (κ1) is 12.6. The SMILES string of the molecule is CC(NCC(C#N)C(F)(F)F)c1ccco1. The van der Waals surface area contributed by atoms with Gasteiger partial charge in [0.05, 0.1) is 18.4 Å². The van der Waals surface area contributed by atoms with Crippen LogP contribution >= 0.6 is 0 Å². The zero-order valence-electron chi connectivity index (χ0n) is 8.58. The molecule has 0 saturated heterocycles. The first-order chi connectivity index (χ1) is 7.45. The fraction of sp³-hybridized carbons (Fsp3) is 0.500. The fourth-order valence-corrected chi connectivity index (χ4v) is 1.17. The van der Waals surface area contributed by atoms with Crippen LogP contribution in [0.2, 0.25) is 0 Å². The molecular formula is C10H11F3N2O. The van der Waals surface area contributed by atoms with E-state index in [4.69, 9.17) is 9.68 Å². The van der Waals surface area contributed by atoms with Crippen LogP contribution in [0.3, 0.4) is 0 Å². The molecule has 0 radical (unpaired) electrons. The van der Waals surface area contributed by atoms with E-state index in [1.165, 1.54) is 12.3 Å². The molecule has 16 heavy (non-hydrogen) atoms. The van der Waals surface area contributed by atoms with E-state index in [-0.39, 0.29) is 6.04 Å². The molecule has 2 unspecified atom stereocenters. The van der Waals surface area contributed by atoms with E-state index < -0.39 is 18.6 Å². The van der Waals surface area contributed by atoms with E-state index in [9.17, 15) is 13.2 Å². The molecule has 0 fully saturated rings. The normalized spacial score (nSPS) is 15.4. The summed E-state index contributed by atoms with van der Waals surface area (Å²) in [5, 5.41) is 11.0. The summed E-state index contributed by atoms with van der Waals surface area (Å²) in [5.74, 6) is -1.45. The summed E-state index contributed by atoms with van der Waals surface area (Å²) in [7, 11) is 0. The Hall–Kier alpha value is -1.48. The van der Waals surface area contributed by atoms with E-state index >= 15 is 0 Å². The van der Waals surface area contributed by atoms with Gasteiger partial charge in [0.25, 0.3) is 0 Å². The standard InChI is InChI=1S/C10H11F3N2O/c1-7(9-3-2-4-16-9)15-6-8(5-14)10(11,12)13/h2-4,7-8,15H,6H2,1H3. The maximum absolute atomic E-state index is 12.2. The monoisotopic (exact) mass is 232 g/mol. The Morgan fingerprint density at radius 2 is 2.25 bits per heavy atom. The number of alkyl halides is 3. The molecule has 1 N–H and O–H groups in total. The van der Waals surface area contributed by atoms with Gasteiger partial charge < -0.3 is 9.73 Å². The molecule has 0 aliphatic heterocycles. The molecule has 0 bridgehead atoms. The maximum Gasteiger partial charge on any atom is 0.405 e. The lowest BCUT2D eigenvalue weighted by atomic mass is 10.1. The van der Waals surface area contributed by atoms with Crippen molar-refractivity contribution in [2.75, 3.05) is 6.54 Å². The second-order valence-corrected chi connectivity index (χ2v) is 3.37. The van der Waals surface area contributed by atoms with Crippen molar-refractivity contribution in [2.45, 2.75) is 19.1 Å². The topological polar surface area (TPSA) is 49.0 Å². The summed E-state index contributed by atoms with van der Waals surface area (Å²) in [6.07, 6.45) is -3.05. The number of nitriles is 1. The highest BCUT2D eigenvalue weighted by Gasteiger charge is 2.39. The van der Waals surface area contributed by atoms with Gasteiger partial charge >= 0.3 is 6.18 Å². The highest BCUT2D eigenvalue weighted by atomic mass is 19.4. The molecule has 88 valence electrons. The van der Waals surface area contributed by atoms with Gasteiger partial charge in [-0.25, -0.2) is 0 Å². The molecule has 1 heterocycles. The van der Waals surface area contributed by atoms with Gasteiger partial charge in [0.2, 0.25) is 0 Å². The lowest BCUT2D eigenvalue weighted by molar-refractivity contribution is -0.158. The molecule has 1 rings (SSSR count). The third kappa shape index (κ3) is 3.28. The quantitative estimate of drug-likeness (QED) is 0.868. The predicted octanol–water partition coefficient (Wildman–Crippen LogP) is 2.63. The smallest absolute Gasteiger partial charge is 0.405 e. The Balaban J connectivity index is 2.48. The summed E-state index contributed by atoms with van der Waals surface area (Å²) in [6, 6.07) is 4.18. The van der Waals surface area contributed by atoms with Crippen molar-refractivity contribution < 1.29 is 17.6 Å². The van der Waals surface area contributed by atoms with Gasteiger partial charge in [-0.2, -0.15) is 18.4 Å². The van der Waals surface area contributed by atoms with Crippen LogP contribution in [-0.4, -0.2) is 12.7 Å². The van der Waals surface area contributed by atoms with Crippen molar-refractivity contribution in [1.82, 2.24) is 5.32 Å². The van der Waals surface area contributed by atoms with E-state index in [2.05, 4.69) is 5.32 Å². The van der Waals surface area contributed by atoms with E-state index in [0.29, 0.717) is 5.76 Å². The van der Waals surface area contributed by atoms with Gasteiger partial charge in [0.1, 0.15) is 5.76 Å². The summed E-state index contributed by atoms with van der Waals surface area (Å²) in [6.45, 7) is 1.23. The Bertz CT molecular complexity index is 353. The molecule has 0 amide bonds. The van der Waals surface area contributed by atoms with E-state index in [0.717, 1.165) is 0 Å². The minimum absolute atomic E-state index is 0.354. The molecular weight excluding hydrogens is 221 g/mol. The van der Waals surface area contributed by atoms with Crippen molar-refractivity contribution in [2.24, 2.45) is 5.92 Å². The molecule has 1 aromatic heterocycles. The lowest BCUT2D eigenvalue weighted by Crippen LogP contribution is -2.33. The number of nitrogens with zero attached hydrogens (tertiary/aromatic N) is 1. The van der Waals surface area contributed by atoms with Gasteiger partial charge in [-0.15, -0.1) is 0 Å². The molecule has 0 saturated carbocycles.